The maximum absolute atomic E-state index is 8.92. The van der Waals surface area contributed by atoms with Gasteiger partial charge >= 0.3 is 0 Å². The number of ether oxygens (including phenoxy) is 1. The van der Waals surface area contributed by atoms with Crippen molar-refractivity contribution in [2.45, 2.75) is 6.61 Å². The van der Waals surface area contributed by atoms with E-state index in [0.29, 0.717) is 12.2 Å². The second-order valence-corrected chi connectivity index (χ2v) is 6.74. The second kappa shape index (κ2) is 8.45. The molecule has 28 heavy (non-hydrogen) atoms. The average Bonchev–Trinajstić information content (AvgIpc) is 2.79. The summed E-state index contributed by atoms with van der Waals surface area (Å²) in [6.45, 7) is 4.31. The van der Waals surface area contributed by atoms with E-state index >= 15 is 0 Å². The zero-order valence-corrected chi connectivity index (χ0v) is 15.7. The van der Waals surface area contributed by atoms with Crippen LogP contribution in [-0.4, -0.2) is 31.2 Å². The minimum atomic E-state index is 0.486. The number of hydrogen-bond donors (Lipinski definition) is 0. The van der Waals surface area contributed by atoms with E-state index < -0.39 is 0 Å². The van der Waals surface area contributed by atoms with Crippen LogP contribution in [0, 0.1) is 11.3 Å². The fourth-order valence-electron chi connectivity index (χ4n) is 3.44. The smallest absolute Gasteiger partial charge is 0.143 e. The summed E-state index contributed by atoms with van der Waals surface area (Å²) >= 11 is 0. The molecule has 0 spiro atoms. The summed E-state index contributed by atoms with van der Waals surface area (Å²) in [6, 6.07) is 22.0. The Bertz CT molecular complexity index is 942. The Kier molecular flexibility index (Phi) is 5.39. The van der Waals surface area contributed by atoms with Gasteiger partial charge in [-0.15, -0.1) is 0 Å². The number of rotatable bonds is 5. The van der Waals surface area contributed by atoms with Crippen LogP contribution in [0.2, 0.25) is 0 Å². The maximum atomic E-state index is 8.92. The van der Waals surface area contributed by atoms with Crippen LogP contribution < -0.4 is 14.5 Å². The van der Waals surface area contributed by atoms with Crippen LogP contribution in [-0.2, 0) is 6.61 Å². The van der Waals surface area contributed by atoms with Gasteiger partial charge in [-0.2, -0.15) is 5.26 Å². The highest BCUT2D eigenvalue weighted by molar-refractivity contribution is 5.60. The molecule has 1 aromatic heterocycles. The van der Waals surface area contributed by atoms with Crippen LogP contribution in [0.3, 0.4) is 0 Å². The van der Waals surface area contributed by atoms with Gasteiger partial charge in [0.25, 0.3) is 0 Å². The van der Waals surface area contributed by atoms with Crippen molar-refractivity contribution >= 4 is 11.4 Å². The molecule has 5 heteroatoms. The predicted octanol–water partition coefficient (Wildman–Crippen LogP) is 3.86. The molecule has 2 aromatic carbocycles. The topological polar surface area (TPSA) is 52.4 Å². The molecule has 0 aliphatic carbocycles. The third kappa shape index (κ3) is 4.07. The lowest BCUT2D eigenvalue weighted by molar-refractivity contribution is 0.306. The Labute approximate surface area is 165 Å². The molecule has 0 radical (unpaired) electrons. The number of nitriles is 1. The molecule has 1 aliphatic rings. The predicted molar refractivity (Wildman–Crippen MR) is 111 cm³/mol. The fourth-order valence-corrected chi connectivity index (χ4v) is 3.44. The fraction of sp³-hybridized carbons (Fsp3) is 0.217. The lowest BCUT2D eigenvalue weighted by Crippen LogP contribution is -2.46. The van der Waals surface area contributed by atoms with E-state index in [1.807, 2.05) is 48.8 Å². The van der Waals surface area contributed by atoms with Gasteiger partial charge < -0.3 is 14.5 Å². The van der Waals surface area contributed by atoms with Crippen LogP contribution in [0.5, 0.6) is 5.75 Å². The van der Waals surface area contributed by atoms with Crippen LogP contribution in [0.1, 0.15) is 11.1 Å². The lowest BCUT2D eigenvalue weighted by Gasteiger charge is -2.37. The third-order valence-corrected chi connectivity index (χ3v) is 4.99. The van der Waals surface area contributed by atoms with Gasteiger partial charge in [-0.3, -0.25) is 4.98 Å². The summed E-state index contributed by atoms with van der Waals surface area (Å²) in [5.74, 6) is 0.893. The molecule has 1 aliphatic heterocycles. The molecule has 0 unspecified atom stereocenters. The normalized spacial score (nSPS) is 13.8. The van der Waals surface area contributed by atoms with E-state index in [2.05, 4.69) is 45.1 Å². The maximum Gasteiger partial charge on any atom is 0.143 e. The van der Waals surface area contributed by atoms with Crippen LogP contribution in [0.15, 0.2) is 73.1 Å². The summed E-state index contributed by atoms with van der Waals surface area (Å²) in [5, 5.41) is 8.92. The molecule has 5 nitrogen and oxygen atoms in total. The number of anilines is 2. The quantitative estimate of drug-likeness (QED) is 0.683. The molecule has 0 bridgehead atoms. The zero-order valence-electron chi connectivity index (χ0n) is 15.7. The molecule has 2 heterocycles. The van der Waals surface area contributed by atoms with Gasteiger partial charge in [0.2, 0.25) is 0 Å². The van der Waals surface area contributed by atoms with Gasteiger partial charge in [0.05, 0.1) is 17.3 Å². The Morgan fingerprint density at radius 3 is 2.25 bits per heavy atom. The highest BCUT2D eigenvalue weighted by Gasteiger charge is 2.20. The van der Waals surface area contributed by atoms with Gasteiger partial charge in [0.1, 0.15) is 12.4 Å². The minimum Gasteiger partial charge on any atom is -0.487 e. The molecule has 0 atom stereocenters. The first-order valence-electron chi connectivity index (χ1n) is 9.44. The van der Waals surface area contributed by atoms with Crippen LogP contribution in [0.25, 0.3) is 0 Å². The van der Waals surface area contributed by atoms with Gasteiger partial charge in [0.15, 0.2) is 0 Å². The first-order chi connectivity index (χ1) is 13.8. The molecular weight excluding hydrogens is 348 g/mol. The molecule has 1 fully saturated rings. The molecule has 0 amide bonds. The Hall–Kier alpha value is -3.52. The van der Waals surface area contributed by atoms with E-state index in [-0.39, 0.29) is 0 Å². The molecule has 0 saturated carbocycles. The first-order valence-corrected chi connectivity index (χ1v) is 9.44. The van der Waals surface area contributed by atoms with Crippen molar-refractivity contribution < 1.29 is 4.74 Å². The first kappa shape index (κ1) is 17.9. The van der Waals surface area contributed by atoms with Gasteiger partial charge in [-0.25, -0.2) is 0 Å². The Balaban J connectivity index is 1.41. The van der Waals surface area contributed by atoms with Crippen molar-refractivity contribution in [1.29, 1.82) is 5.26 Å². The monoisotopic (exact) mass is 370 g/mol. The zero-order chi connectivity index (χ0) is 19.2. The van der Waals surface area contributed by atoms with Gasteiger partial charge in [0, 0.05) is 44.3 Å². The molecule has 3 aromatic rings. The van der Waals surface area contributed by atoms with Crippen molar-refractivity contribution in [3.8, 4) is 11.8 Å². The molecule has 140 valence electrons. The molecule has 1 saturated heterocycles. The number of para-hydroxylation sites is 2. The second-order valence-electron chi connectivity index (χ2n) is 6.74. The number of piperazine rings is 1. The summed E-state index contributed by atoms with van der Waals surface area (Å²) in [4.78, 5) is 8.87. The third-order valence-electron chi connectivity index (χ3n) is 4.99. The summed E-state index contributed by atoms with van der Waals surface area (Å²) in [7, 11) is 0. The van der Waals surface area contributed by atoms with E-state index in [9.17, 15) is 0 Å². The van der Waals surface area contributed by atoms with E-state index in [1.54, 1.807) is 0 Å². The SMILES string of the molecule is N#Cc1ccc(COc2ccccc2N2CCN(c3ccncc3)CC2)cc1. The van der Waals surface area contributed by atoms with Gasteiger partial charge in [-0.1, -0.05) is 24.3 Å². The van der Waals surface area contributed by atoms with Crippen LogP contribution >= 0.6 is 0 Å². The number of pyridine rings is 1. The summed E-state index contributed by atoms with van der Waals surface area (Å²) in [5.41, 5.74) is 4.07. The van der Waals surface area contributed by atoms with Crippen molar-refractivity contribution in [3.05, 3.63) is 84.2 Å². The van der Waals surface area contributed by atoms with Crippen molar-refractivity contribution in [1.82, 2.24) is 4.98 Å². The highest BCUT2D eigenvalue weighted by Crippen LogP contribution is 2.30. The Morgan fingerprint density at radius 1 is 0.857 bits per heavy atom. The summed E-state index contributed by atoms with van der Waals surface area (Å²) in [6.07, 6.45) is 3.68. The number of aromatic nitrogens is 1. The van der Waals surface area contributed by atoms with E-state index in [4.69, 9.17) is 10.00 Å². The standard InChI is InChI=1S/C23H22N4O/c24-17-19-5-7-20(8-6-19)18-28-23-4-2-1-3-22(23)27-15-13-26(14-16-27)21-9-11-25-12-10-21/h1-12H,13-16,18H2. The number of hydrogen-bond acceptors (Lipinski definition) is 5. The van der Waals surface area contributed by atoms with Crippen molar-refractivity contribution in [2.75, 3.05) is 36.0 Å². The molecular formula is C23H22N4O. The van der Waals surface area contributed by atoms with Crippen LogP contribution in [0.4, 0.5) is 11.4 Å². The minimum absolute atomic E-state index is 0.486. The van der Waals surface area contributed by atoms with E-state index in [1.165, 1.54) is 5.69 Å². The molecule has 4 rings (SSSR count). The number of benzene rings is 2. The van der Waals surface area contributed by atoms with Gasteiger partial charge in [-0.05, 0) is 42.0 Å². The number of nitrogens with zero attached hydrogens (tertiary/aromatic N) is 4. The summed E-state index contributed by atoms with van der Waals surface area (Å²) < 4.78 is 6.11. The van der Waals surface area contributed by atoms with E-state index in [0.717, 1.165) is 43.2 Å². The molecule has 0 N–H and O–H groups in total. The van der Waals surface area contributed by atoms with Crippen molar-refractivity contribution in [2.24, 2.45) is 0 Å². The Morgan fingerprint density at radius 2 is 1.54 bits per heavy atom. The lowest BCUT2D eigenvalue weighted by atomic mass is 10.1. The highest BCUT2D eigenvalue weighted by atomic mass is 16.5. The average molecular weight is 370 g/mol. The largest absolute Gasteiger partial charge is 0.487 e. The van der Waals surface area contributed by atoms with Crippen molar-refractivity contribution in [3.63, 3.8) is 0 Å².